The number of rotatable bonds is 4. The van der Waals surface area contributed by atoms with Crippen LogP contribution in [0.5, 0.6) is 0 Å². The van der Waals surface area contributed by atoms with Gasteiger partial charge in [0, 0.05) is 51.1 Å². The quantitative estimate of drug-likeness (QED) is 0.870. The molecule has 0 N–H and O–H groups in total. The Morgan fingerprint density at radius 1 is 1.48 bits per heavy atom. The van der Waals surface area contributed by atoms with Gasteiger partial charge < -0.3 is 9.47 Å². The molecule has 1 aliphatic rings. The van der Waals surface area contributed by atoms with Crippen LogP contribution in [-0.4, -0.2) is 37.8 Å². The van der Waals surface area contributed by atoms with Crippen LogP contribution < -0.4 is 0 Å². The standard InChI is InChI=1S/C15H22ClN5/c1-11-13(15(16)20(3)18-11)10-19(2)8-12-4-5-14-17-6-7-21(14)9-12/h6-7,12H,4-5,8-10H2,1-3H3/t12-/m1/s1. The van der Waals surface area contributed by atoms with E-state index in [0.717, 1.165) is 42.5 Å². The summed E-state index contributed by atoms with van der Waals surface area (Å²) >= 11 is 6.31. The largest absolute Gasteiger partial charge is 0.335 e. The Morgan fingerprint density at radius 2 is 2.29 bits per heavy atom. The molecule has 0 bridgehead atoms. The molecule has 5 nitrogen and oxygen atoms in total. The second-order valence-electron chi connectivity index (χ2n) is 6.08. The van der Waals surface area contributed by atoms with Crippen LogP contribution in [0.2, 0.25) is 5.15 Å². The van der Waals surface area contributed by atoms with Crippen molar-refractivity contribution >= 4 is 11.6 Å². The van der Waals surface area contributed by atoms with Crippen molar-refractivity contribution in [1.29, 1.82) is 0 Å². The molecule has 0 saturated carbocycles. The van der Waals surface area contributed by atoms with Crippen LogP contribution in [0.3, 0.4) is 0 Å². The number of hydrogen-bond acceptors (Lipinski definition) is 3. The van der Waals surface area contributed by atoms with E-state index in [1.165, 1.54) is 12.2 Å². The smallest absolute Gasteiger partial charge is 0.131 e. The second-order valence-corrected chi connectivity index (χ2v) is 6.43. The lowest BCUT2D eigenvalue weighted by atomic mass is 9.99. The van der Waals surface area contributed by atoms with E-state index in [2.05, 4.69) is 32.8 Å². The zero-order valence-electron chi connectivity index (χ0n) is 12.9. The van der Waals surface area contributed by atoms with Crippen LogP contribution in [0.1, 0.15) is 23.5 Å². The van der Waals surface area contributed by atoms with Crippen molar-refractivity contribution in [2.45, 2.75) is 32.9 Å². The maximum atomic E-state index is 6.31. The minimum absolute atomic E-state index is 0.674. The number of halogens is 1. The minimum Gasteiger partial charge on any atom is -0.335 e. The normalized spacial score (nSPS) is 18.2. The number of nitrogens with zero attached hydrogens (tertiary/aromatic N) is 5. The number of aromatic nitrogens is 4. The van der Waals surface area contributed by atoms with Gasteiger partial charge in [-0.1, -0.05) is 11.6 Å². The molecule has 0 aromatic carbocycles. The van der Waals surface area contributed by atoms with Gasteiger partial charge in [0.1, 0.15) is 11.0 Å². The van der Waals surface area contributed by atoms with Crippen LogP contribution in [0.4, 0.5) is 0 Å². The summed E-state index contributed by atoms with van der Waals surface area (Å²) < 4.78 is 4.03. The van der Waals surface area contributed by atoms with Crippen molar-refractivity contribution in [1.82, 2.24) is 24.2 Å². The molecule has 6 heteroatoms. The van der Waals surface area contributed by atoms with Gasteiger partial charge in [-0.2, -0.15) is 5.10 Å². The van der Waals surface area contributed by atoms with Crippen molar-refractivity contribution < 1.29 is 0 Å². The van der Waals surface area contributed by atoms with Gasteiger partial charge in [0.05, 0.1) is 5.69 Å². The van der Waals surface area contributed by atoms with Crippen LogP contribution >= 0.6 is 11.6 Å². The van der Waals surface area contributed by atoms with E-state index < -0.39 is 0 Å². The maximum absolute atomic E-state index is 6.31. The van der Waals surface area contributed by atoms with E-state index in [0.29, 0.717) is 5.92 Å². The van der Waals surface area contributed by atoms with E-state index >= 15 is 0 Å². The fraction of sp³-hybridized carbons (Fsp3) is 0.600. The van der Waals surface area contributed by atoms with Crippen LogP contribution in [-0.2, 0) is 26.6 Å². The molecule has 0 amide bonds. The SMILES string of the molecule is Cc1nn(C)c(Cl)c1CN(C)C[C@H]1CCc2nccn2C1. The van der Waals surface area contributed by atoms with Gasteiger partial charge in [-0.3, -0.25) is 4.68 Å². The molecule has 2 aromatic rings. The zero-order valence-corrected chi connectivity index (χ0v) is 13.6. The summed E-state index contributed by atoms with van der Waals surface area (Å²) in [6.07, 6.45) is 6.28. The fourth-order valence-corrected chi connectivity index (χ4v) is 3.45. The van der Waals surface area contributed by atoms with Gasteiger partial charge >= 0.3 is 0 Å². The van der Waals surface area contributed by atoms with Gasteiger partial charge in [-0.25, -0.2) is 4.98 Å². The topological polar surface area (TPSA) is 38.9 Å². The summed E-state index contributed by atoms with van der Waals surface area (Å²) in [6.45, 7) is 5.01. The monoisotopic (exact) mass is 307 g/mol. The third kappa shape index (κ3) is 2.99. The molecule has 1 atom stereocenters. The van der Waals surface area contributed by atoms with Crippen molar-refractivity contribution in [2.24, 2.45) is 13.0 Å². The van der Waals surface area contributed by atoms with Gasteiger partial charge in [0.2, 0.25) is 0 Å². The maximum Gasteiger partial charge on any atom is 0.131 e. The summed E-state index contributed by atoms with van der Waals surface area (Å²) in [7, 11) is 4.05. The minimum atomic E-state index is 0.674. The lowest BCUT2D eigenvalue weighted by Crippen LogP contribution is -2.31. The number of imidazole rings is 1. The predicted molar refractivity (Wildman–Crippen MR) is 83.3 cm³/mol. The average molecular weight is 308 g/mol. The molecule has 0 unspecified atom stereocenters. The lowest BCUT2D eigenvalue weighted by Gasteiger charge is -2.28. The molecular weight excluding hydrogens is 286 g/mol. The van der Waals surface area contributed by atoms with Gasteiger partial charge in [-0.15, -0.1) is 0 Å². The molecule has 3 heterocycles. The highest BCUT2D eigenvalue weighted by molar-refractivity contribution is 6.30. The number of fused-ring (bicyclic) bond motifs is 1. The Kier molecular flexibility index (Phi) is 4.04. The third-order valence-corrected chi connectivity index (χ3v) is 4.77. The van der Waals surface area contributed by atoms with Crippen molar-refractivity contribution in [2.75, 3.05) is 13.6 Å². The highest BCUT2D eigenvalue weighted by Gasteiger charge is 2.21. The van der Waals surface area contributed by atoms with Gasteiger partial charge in [0.25, 0.3) is 0 Å². The average Bonchev–Trinajstić information content (AvgIpc) is 2.99. The first-order chi connectivity index (χ1) is 10.0. The van der Waals surface area contributed by atoms with Crippen molar-refractivity contribution in [3.05, 3.63) is 34.6 Å². The Morgan fingerprint density at radius 3 is 3.00 bits per heavy atom. The summed E-state index contributed by atoms with van der Waals surface area (Å²) in [5, 5.41) is 5.13. The third-order valence-electron chi connectivity index (χ3n) is 4.30. The highest BCUT2D eigenvalue weighted by Crippen LogP contribution is 2.23. The van der Waals surface area contributed by atoms with E-state index in [1.54, 1.807) is 4.68 Å². The molecule has 21 heavy (non-hydrogen) atoms. The van der Waals surface area contributed by atoms with Gasteiger partial charge in [0.15, 0.2) is 0 Å². The van der Waals surface area contributed by atoms with E-state index in [4.69, 9.17) is 11.6 Å². The molecular formula is C15H22ClN5. The lowest BCUT2D eigenvalue weighted by molar-refractivity contribution is 0.229. The molecule has 0 spiro atoms. The molecule has 0 fully saturated rings. The zero-order chi connectivity index (χ0) is 15.0. The Balaban J connectivity index is 1.61. The summed E-state index contributed by atoms with van der Waals surface area (Å²) in [5.41, 5.74) is 2.16. The molecule has 114 valence electrons. The molecule has 0 radical (unpaired) electrons. The first kappa shape index (κ1) is 14.6. The van der Waals surface area contributed by atoms with E-state index in [9.17, 15) is 0 Å². The molecule has 0 aliphatic carbocycles. The van der Waals surface area contributed by atoms with E-state index in [1.807, 2.05) is 20.2 Å². The summed E-state index contributed by atoms with van der Waals surface area (Å²) in [6, 6.07) is 0. The summed E-state index contributed by atoms with van der Waals surface area (Å²) in [4.78, 5) is 6.73. The van der Waals surface area contributed by atoms with Crippen molar-refractivity contribution in [3.63, 3.8) is 0 Å². The second kappa shape index (κ2) is 5.81. The fourth-order valence-electron chi connectivity index (χ4n) is 3.21. The molecule has 2 aromatic heterocycles. The predicted octanol–water partition coefficient (Wildman–Crippen LogP) is 2.27. The number of hydrogen-bond donors (Lipinski definition) is 0. The van der Waals surface area contributed by atoms with Crippen LogP contribution in [0.15, 0.2) is 12.4 Å². The van der Waals surface area contributed by atoms with Crippen LogP contribution in [0.25, 0.3) is 0 Å². The molecule has 1 aliphatic heterocycles. The Bertz CT molecular complexity index is 630. The Labute approximate surface area is 130 Å². The van der Waals surface area contributed by atoms with E-state index in [-0.39, 0.29) is 0 Å². The Hall–Kier alpha value is -1.33. The first-order valence-corrected chi connectivity index (χ1v) is 7.79. The highest BCUT2D eigenvalue weighted by atomic mass is 35.5. The molecule has 0 saturated heterocycles. The van der Waals surface area contributed by atoms with Crippen molar-refractivity contribution in [3.8, 4) is 0 Å². The van der Waals surface area contributed by atoms with Gasteiger partial charge in [-0.05, 0) is 26.3 Å². The first-order valence-electron chi connectivity index (χ1n) is 7.41. The summed E-state index contributed by atoms with van der Waals surface area (Å²) in [5.74, 6) is 1.90. The van der Waals surface area contributed by atoms with Crippen LogP contribution in [0, 0.1) is 12.8 Å². The molecule has 3 rings (SSSR count). The number of aryl methyl sites for hydroxylation is 3.